The summed E-state index contributed by atoms with van der Waals surface area (Å²) >= 11 is 1.70. The molecule has 0 saturated heterocycles. The molecule has 0 bridgehead atoms. The summed E-state index contributed by atoms with van der Waals surface area (Å²) in [6.07, 6.45) is 1.03. The van der Waals surface area contributed by atoms with Gasteiger partial charge in [-0.15, -0.1) is 11.3 Å². The molecule has 0 saturated carbocycles. The largest absolute Gasteiger partial charge is 0.358 e. The van der Waals surface area contributed by atoms with Gasteiger partial charge < -0.3 is 5.32 Å². The third-order valence-corrected chi connectivity index (χ3v) is 4.54. The lowest BCUT2D eigenvalue weighted by Crippen LogP contribution is -2.42. The number of hydrogen-bond acceptors (Lipinski definition) is 3. The number of likely N-dealkylation sites (N-methyl/N-ethyl adjacent to an activating group) is 1. The van der Waals surface area contributed by atoms with E-state index in [-0.39, 0.29) is 18.0 Å². The number of rotatable bonds is 6. The Balaban J connectivity index is 2.25. The van der Waals surface area contributed by atoms with Crippen molar-refractivity contribution in [1.82, 2.24) is 10.6 Å². The quantitative estimate of drug-likeness (QED) is 0.861. The van der Waals surface area contributed by atoms with E-state index < -0.39 is 0 Å². The summed E-state index contributed by atoms with van der Waals surface area (Å²) in [5, 5.41) is 8.17. The smallest absolute Gasteiger partial charge is 0.236 e. The molecule has 112 valence electrons. The van der Waals surface area contributed by atoms with E-state index in [0.717, 1.165) is 6.42 Å². The number of thiophene rings is 1. The maximum absolute atomic E-state index is 11.8. The minimum absolute atomic E-state index is 0.00161. The molecule has 2 N–H and O–H groups in total. The number of nitrogens with one attached hydrogen (secondary N) is 2. The first-order chi connectivity index (χ1) is 10.2. The van der Waals surface area contributed by atoms with E-state index in [1.54, 1.807) is 18.4 Å². The van der Waals surface area contributed by atoms with Crippen molar-refractivity contribution >= 4 is 17.2 Å². The molecule has 0 aliphatic carbocycles. The highest BCUT2D eigenvalue weighted by molar-refractivity contribution is 7.10. The normalized spacial score (nSPS) is 13.7. The van der Waals surface area contributed by atoms with Crippen LogP contribution in [0.25, 0.3) is 0 Å². The average Bonchev–Trinajstić information content (AvgIpc) is 3.05. The Bertz CT molecular complexity index is 563. The first-order valence-corrected chi connectivity index (χ1v) is 8.13. The van der Waals surface area contributed by atoms with Gasteiger partial charge in [0.1, 0.15) is 0 Å². The molecule has 0 radical (unpaired) electrons. The summed E-state index contributed by atoms with van der Waals surface area (Å²) in [6, 6.07) is 12.5. The summed E-state index contributed by atoms with van der Waals surface area (Å²) in [5.41, 5.74) is 2.51. The van der Waals surface area contributed by atoms with Crippen LogP contribution in [0, 0.1) is 0 Å². The Morgan fingerprint density at radius 1 is 1.24 bits per heavy atom. The van der Waals surface area contributed by atoms with Crippen LogP contribution in [0.15, 0.2) is 41.8 Å². The fourth-order valence-corrected chi connectivity index (χ4v) is 3.10. The molecule has 21 heavy (non-hydrogen) atoms. The van der Waals surface area contributed by atoms with Gasteiger partial charge in [0.25, 0.3) is 0 Å². The SMILES string of the molecule is CCc1ccc([C@@H](N[C@@H](C)C(=O)NC)c2cccs2)cc1. The molecular formula is C17H22N2OS. The van der Waals surface area contributed by atoms with Gasteiger partial charge in [-0.2, -0.15) is 0 Å². The van der Waals surface area contributed by atoms with Crippen molar-refractivity contribution in [2.24, 2.45) is 0 Å². The second-order valence-corrected chi connectivity index (χ2v) is 6.03. The first-order valence-electron chi connectivity index (χ1n) is 7.25. The molecule has 2 aromatic rings. The molecule has 1 amide bonds. The number of carbonyl (C=O) groups excluding carboxylic acids is 1. The van der Waals surface area contributed by atoms with Crippen molar-refractivity contribution < 1.29 is 4.79 Å². The van der Waals surface area contributed by atoms with Crippen LogP contribution in [-0.2, 0) is 11.2 Å². The van der Waals surface area contributed by atoms with E-state index in [9.17, 15) is 4.79 Å². The maximum Gasteiger partial charge on any atom is 0.236 e. The lowest BCUT2D eigenvalue weighted by Gasteiger charge is -2.22. The lowest BCUT2D eigenvalue weighted by atomic mass is 10.0. The Kier molecular flexibility index (Phi) is 5.53. The predicted molar refractivity (Wildman–Crippen MR) is 88.6 cm³/mol. The van der Waals surface area contributed by atoms with Gasteiger partial charge in [-0.3, -0.25) is 10.1 Å². The van der Waals surface area contributed by atoms with Crippen molar-refractivity contribution in [3.05, 3.63) is 57.8 Å². The Morgan fingerprint density at radius 2 is 1.95 bits per heavy atom. The Hall–Kier alpha value is -1.65. The van der Waals surface area contributed by atoms with Gasteiger partial charge in [-0.05, 0) is 35.9 Å². The zero-order chi connectivity index (χ0) is 15.2. The van der Waals surface area contributed by atoms with Gasteiger partial charge in [0.2, 0.25) is 5.91 Å². The summed E-state index contributed by atoms with van der Waals surface area (Å²) in [4.78, 5) is 13.0. The van der Waals surface area contributed by atoms with Crippen LogP contribution in [-0.4, -0.2) is 19.0 Å². The molecule has 3 nitrogen and oxygen atoms in total. The molecule has 0 aliphatic heterocycles. The molecule has 1 aromatic heterocycles. The molecule has 4 heteroatoms. The molecule has 0 unspecified atom stereocenters. The van der Waals surface area contributed by atoms with E-state index in [4.69, 9.17) is 0 Å². The second-order valence-electron chi connectivity index (χ2n) is 5.05. The van der Waals surface area contributed by atoms with Crippen LogP contribution in [0.5, 0.6) is 0 Å². The monoisotopic (exact) mass is 302 g/mol. The summed E-state index contributed by atoms with van der Waals surface area (Å²) in [6.45, 7) is 4.04. The number of aryl methyl sites for hydroxylation is 1. The van der Waals surface area contributed by atoms with Crippen LogP contribution >= 0.6 is 11.3 Å². The fourth-order valence-electron chi connectivity index (χ4n) is 2.29. The van der Waals surface area contributed by atoms with Gasteiger partial charge in [0, 0.05) is 11.9 Å². The highest BCUT2D eigenvalue weighted by Gasteiger charge is 2.20. The third-order valence-electron chi connectivity index (χ3n) is 3.61. The third kappa shape index (κ3) is 3.93. The van der Waals surface area contributed by atoms with Gasteiger partial charge >= 0.3 is 0 Å². The summed E-state index contributed by atoms with van der Waals surface area (Å²) in [7, 11) is 1.66. The van der Waals surface area contributed by atoms with Crippen molar-refractivity contribution in [2.45, 2.75) is 32.4 Å². The maximum atomic E-state index is 11.8. The topological polar surface area (TPSA) is 41.1 Å². The standard InChI is InChI=1S/C17H22N2OS/c1-4-13-7-9-14(10-8-13)16(15-6-5-11-21-15)19-12(2)17(20)18-3/h5-12,16,19H,4H2,1-3H3,(H,18,20)/t12-,16+/m0/s1. The average molecular weight is 302 g/mol. The second kappa shape index (κ2) is 7.38. The Morgan fingerprint density at radius 3 is 2.48 bits per heavy atom. The summed E-state index contributed by atoms with van der Waals surface area (Å²) < 4.78 is 0. The molecule has 2 atom stereocenters. The van der Waals surface area contributed by atoms with E-state index in [0.29, 0.717) is 0 Å². The van der Waals surface area contributed by atoms with Crippen LogP contribution in [0.3, 0.4) is 0 Å². The van der Waals surface area contributed by atoms with Crippen LogP contribution in [0.1, 0.15) is 35.9 Å². The number of carbonyl (C=O) groups is 1. The van der Waals surface area contributed by atoms with Gasteiger partial charge in [-0.1, -0.05) is 37.3 Å². The predicted octanol–water partition coefficient (Wildman–Crippen LogP) is 3.12. The van der Waals surface area contributed by atoms with Crippen LogP contribution < -0.4 is 10.6 Å². The number of amides is 1. The zero-order valence-electron chi connectivity index (χ0n) is 12.7. The highest BCUT2D eigenvalue weighted by Crippen LogP contribution is 2.27. The van der Waals surface area contributed by atoms with Crippen molar-refractivity contribution in [2.75, 3.05) is 7.05 Å². The minimum Gasteiger partial charge on any atom is -0.358 e. The molecule has 0 spiro atoms. The molecule has 1 aromatic carbocycles. The molecule has 0 aliphatic rings. The number of hydrogen-bond donors (Lipinski definition) is 2. The molecule has 0 fully saturated rings. The van der Waals surface area contributed by atoms with Crippen LogP contribution in [0.2, 0.25) is 0 Å². The molecule has 2 rings (SSSR count). The van der Waals surface area contributed by atoms with E-state index >= 15 is 0 Å². The van der Waals surface area contributed by atoms with Crippen LogP contribution in [0.4, 0.5) is 0 Å². The van der Waals surface area contributed by atoms with Gasteiger partial charge in [0.05, 0.1) is 12.1 Å². The van der Waals surface area contributed by atoms with Crippen molar-refractivity contribution in [3.63, 3.8) is 0 Å². The summed E-state index contributed by atoms with van der Waals surface area (Å²) in [5.74, 6) is 0.00161. The Labute approximate surface area is 130 Å². The van der Waals surface area contributed by atoms with E-state index in [1.165, 1.54) is 16.0 Å². The number of benzene rings is 1. The highest BCUT2D eigenvalue weighted by atomic mass is 32.1. The lowest BCUT2D eigenvalue weighted by molar-refractivity contribution is -0.122. The van der Waals surface area contributed by atoms with E-state index in [1.807, 2.05) is 13.0 Å². The van der Waals surface area contributed by atoms with Gasteiger partial charge in [0.15, 0.2) is 0 Å². The molecule has 1 heterocycles. The van der Waals surface area contributed by atoms with Gasteiger partial charge in [-0.25, -0.2) is 0 Å². The zero-order valence-corrected chi connectivity index (χ0v) is 13.5. The van der Waals surface area contributed by atoms with E-state index in [2.05, 4.69) is 53.3 Å². The van der Waals surface area contributed by atoms with Crippen molar-refractivity contribution in [1.29, 1.82) is 0 Å². The first kappa shape index (κ1) is 15.7. The molecular weight excluding hydrogens is 280 g/mol. The fraction of sp³-hybridized carbons (Fsp3) is 0.353. The minimum atomic E-state index is -0.243. The van der Waals surface area contributed by atoms with Crippen molar-refractivity contribution in [3.8, 4) is 0 Å².